The fourth-order valence-electron chi connectivity index (χ4n) is 3.12. The molecule has 0 aliphatic heterocycles. The summed E-state index contributed by atoms with van der Waals surface area (Å²) in [5.41, 5.74) is 1.42. The van der Waals surface area contributed by atoms with Gasteiger partial charge in [0.2, 0.25) is 0 Å². The first-order valence-corrected chi connectivity index (χ1v) is 8.07. The second kappa shape index (κ2) is 8.04. The van der Waals surface area contributed by atoms with Gasteiger partial charge in [0, 0.05) is 18.4 Å². The van der Waals surface area contributed by atoms with Crippen LogP contribution in [0.4, 0.5) is 0 Å². The van der Waals surface area contributed by atoms with Crippen molar-refractivity contribution in [2.45, 2.75) is 45.6 Å². The third-order valence-corrected chi connectivity index (χ3v) is 4.34. The smallest absolute Gasteiger partial charge is 0.105 e. The Morgan fingerprint density at radius 2 is 1.81 bits per heavy atom. The second-order valence-corrected chi connectivity index (χ2v) is 5.77. The maximum atomic E-state index is 5.57. The van der Waals surface area contributed by atoms with E-state index in [4.69, 9.17) is 4.42 Å². The largest absolute Gasteiger partial charge is 0.469 e. The van der Waals surface area contributed by atoms with Crippen LogP contribution in [0.15, 0.2) is 53.1 Å². The fraction of sp³-hybridized carbons (Fsp3) is 0.474. The summed E-state index contributed by atoms with van der Waals surface area (Å²) in [6, 6.07) is 15.3. The highest BCUT2D eigenvalue weighted by atomic mass is 16.3. The van der Waals surface area contributed by atoms with Gasteiger partial charge in [0.15, 0.2) is 0 Å². The second-order valence-electron chi connectivity index (χ2n) is 5.77. The van der Waals surface area contributed by atoms with Crippen molar-refractivity contribution in [3.63, 3.8) is 0 Å². The van der Waals surface area contributed by atoms with E-state index in [-0.39, 0.29) is 0 Å². The summed E-state index contributed by atoms with van der Waals surface area (Å²) < 4.78 is 5.57. The Kier molecular flexibility index (Phi) is 6.06. The van der Waals surface area contributed by atoms with Crippen LogP contribution in [0.1, 0.15) is 44.4 Å². The van der Waals surface area contributed by atoms with Gasteiger partial charge in [0.05, 0.1) is 6.26 Å². The SMILES string of the molecule is CCNC(Cc1ccco1)C(c1ccccc1)C(C)CC. The Morgan fingerprint density at radius 1 is 1.05 bits per heavy atom. The zero-order valence-electron chi connectivity index (χ0n) is 13.4. The van der Waals surface area contributed by atoms with Gasteiger partial charge in [-0.1, -0.05) is 57.5 Å². The minimum Gasteiger partial charge on any atom is -0.469 e. The Hall–Kier alpha value is -1.54. The van der Waals surface area contributed by atoms with Crippen LogP contribution in [-0.2, 0) is 6.42 Å². The van der Waals surface area contributed by atoms with Crippen LogP contribution in [-0.4, -0.2) is 12.6 Å². The molecular formula is C19H27NO. The van der Waals surface area contributed by atoms with Crippen LogP contribution in [0.25, 0.3) is 0 Å². The molecule has 0 aliphatic rings. The van der Waals surface area contributed by atoms with E-state index in [0.717, 1.165) is 18.7 Å². The molecule has 0 fully saturated rings. The van der Waals surface area contributed by atoms with Gasteiger partial charge < -0.3 is 9.73 Å². The van der Waals surface area contributed by atoms with Crippen molar-refractivity contribution < 1.29 is 4.42 Å². The molecule has 1 N–H and O–H groups in total. The lowest BCUT2D eigenvalue weighted by Crippen LogP contribution is -2.39. The van der Waals surface area contributed by atoms with E-state index in [9.17, 15) is 0 Å². The predicted molar refractivity (Wildman–Crippen MR) is 88.5 cm³/mol. The molecule has 21 heavy (non-hydrogen) atoms. The van der Waals surface area contributed by atoms with Crippen LogP contribution in [0.3, 0.4) is 0 Å². The molecule has 0 spiro atoms. The van der Waals surface area contributed by atoms with E-state index in [1.165, 1.54) is 12.0 Å². The summed E-state index contributed by atoms with van der Waals surface area (Å²) in [4.78, 5) is 0. The Labute approximate surface area is 128 Å². The van der Waals surface area contributed by atoms with Gasteiger partial charge in [0.1, 0.15) is 5.76 Å². The lowest BCUT2D eigenvalue weighted by Gasteiger charge is -2.32. The number of rotatable bonds is 8. The van der Waals surface area contributed by atoms with Crippen LogP contribution >= 0.6 is 0 Å². The monoisotopic (exact) mass is 285 g/mol. The molecule has 0 radical (unpaired) electrons. The molecule has 0 saturated carbocycles. The topological polar surface area (TPSA) is 25.2 Å². The molecule has 3 unspecified atom stereocenters. The lowest BCUT2D eigenvalue weighted by molar-refractivity contribution is 0.321. The predicted octanol–water partition coefficient (Wildman–Crippen LogP) is 4.63. The van der Waals surface area contributed by atoms with Crippen molar-refractivity contribution in [3.8, 4) is 0 Å². The van der Waals surface area contributed by atoms with E-state index in [2.05, 4.69) is 62.5 Å². The van der Waals surface area contributed by atoms with Gasteiger partial charge >= 0.3 is 0 Å². The van der Waals surface area contributed by atoms with Crippen LogP contribution < -0.4 is 5.32 Å². The summed E-state index contributed by atoms with van der Waals surface area (Å²) in [5, 5.41) is 3.67. The Balaban J connectivity index is 2.26. The molecule has 1 aromatic heterocycles. The highest BCUT2D eigenvalue weighted by Crippen LogP contribution is 2.32. The van der Waals surface area contributed by atoms with Gasteiger partial charge in [-0.05, 0) is 30.2 Å². The number of hydrogen-bond acceptors (Lipinski definition) is 2. The maximum absolute atomic E-state index is 5.57. The van der Waals surface area contributed by atoms with Crippen LogP contribution in [0.5, 0.6) is 0 Å². The van der Waals surface area contributed by atoms with Crippen LogP contribution in [0.2, 0.25) is 0 Å². The molecular weight excluding hydrogens is 258 g/mol. The average molecular weight is 285 g/mol. The molecule has 0 aliphatic carbocycles. The highest BCUT2D eigenvalue weighted by Gasteiger charge is 2.27. The third-order valence-electron chi connectivity index (χ3n) is 4.34. The van der Waals surface area contributed by atoms with Crippen LogP contribution in [0, 0.1) is 5.92 Å². The maximum Gasteiger partial charge on any atom is 0.105 e. The molecule has 2 heteroatoms. The first-order valence-electron chi connectivity index (χ1n) is 8.07. The summed E-state index contributed by atoms with van der Waals surface area (Å²) in [6.45, 7) is 7.78. The number of hydrogen-bond donors (Lipinski definition) is 1. The van der Waals surface area contributed by atoms with Gasteiger partial charge in [0.25, 0.3) is 0 Å². The normalized spacial score (nSPS) is 15.6. The average Bonchev–Trinajstić information content (AvgIpc) is 3.01. The minimum absolute atomic E-state index is 0.401. The molecule has 0 amide bonds. The zero-order chi connectivity index (χ0) is 15.1. The van der Waals surface area contributed by atoms with E-state index < -0.39 is 0 Å². The first-order chi connectivity index (χ1) is 10.3. The third kappa shape index (κ3) is 4.21. The standard InChI is InChI=1S/C19H27NO/c1-4-15(3)19(16-10-7-6-8-11-16)18(20-5-2)14-17-12-9-13-21-17/h6-13,15,18-20H,4-5,14H2,1-3H3. The van der Waals surface area contributed by atoms with E-state index in [1.807, 2.05) is 6.07 Å². The van der Waals surface area contributed by atoms with E-state index >= 15 is 0 Å². The molecule has 2 aromatic rings. The molecule has 1 heterocycles. The molecule has 2 rings (SSSR count). The van der Waals surface area contributed by atoms with Crippen molar-refractivity contribution in [2.24, 2.45) is 5.92 Å². The molecule has 1 aromatic carbocycles. The summed E-state index contributed by atoms with van der Waals surface area (Å²) >= 11 is 0. The molecule has 0 saturated heterocycles. The number of nitrogens with one attached hydrogen (secondary N) is 1. The van der Waals surface area contributed by atoms with Gasteiger partial charge in [-0.2, -0.15) is 0 Å². The number of furan rings is 1. The van der Waals surface area contributed by atoms with Crippen molar-refractivity contribution >= 4 is 0 Å². The number of benzene rings is 1. The number of likely N-dealkylation sites (N-methyl/N-ethyl adjacent to an activating group) is 1. The van der Waals surface area contributed by atoms with E-state index in [0.29, 0.717) is 17.9 Å². The molecule has 2 nitrogen and oxygen atoms in total. The Morgan fingerprint density at radius 3 is 2.38 bits per heavy atom. The van der Waals surface area contributed by atoms with Crippen molar-refractivity contribution in [2.75, 3.05) is 6.54 Å². The van der Waals surface area contributed by atoms with Gasteiger partial charge in [-0.15, -0.1) is 0 Å². The van der Waals surface area contributed by atoms with Gasteiger partial charge in [-0.25, -0.2) is 0 Å². The minimum atomic E-state index is 0.401. The first kappa shape index (κ1) is 15.8. The lowest BCUT2D eigenvalue weighted by atomic mass is 9.78. The quantitative estimate of drug-likeness (QED) is 0.765. The zero-order valence-corrected chi connectivity index (χ0v) is 13.4. The van der Waals surface area contributed by atoms with E-state index in [1.54, 1.807) is 6.26 Å². The summed E-state index contributed by atoms with van der Waals surface area (Å²) in [5.74, 6) is 2.19. The molecule has 0 bridgehead atoms. The molecule has 3 atom stereocenters. The summed E-state index contributed by atoms with van der Waals surface area (Å²) in [7, 11) is 0. The fourth-order valence-corrected chi connectivity index (χ4v) is 3.12. The van der Waals surface area contributed by atoms with Crippen molar-refractivity contribution in [1.82, 2.24) is 5.32 Å². The highest BCUT2D eigenvalue weighted by molar-refractivity contribution is 5.23. The van der Waals surface area contributed by atoms with Crippen molar-refractivity contribution in [3.05, 3.63) is 60.1 Å². The Bertz CT molecular complexity index is 492. The summed E-state index contributed by atoms with van der Waals surface area (Å²) in [6.07, 6.45) is 3.88. The van der Waals surface area contributed by atoms with Crippen molar-refractivity contribution in [1.29, 1.82) is 0 Å². The van der Waals surface area contributed by atoms with Gasteiger partial charge in [-0.3, -0.25) is 0 Å². The molecule has 114 valence electrons.